The zero-order valence-corrected chi connectivity index (χ0v) is 13.3. The van der Waals surface area contributed by atoms with Gasteiger partial charge in [-0.25, -0.2) is 0 Å². The third kappa shape index (κ3) is 3.76. The van der Waals surface area contributed by atoms with Crippen molar-refractivity contribution in [1.82, 2.24) is 0 Å². The SMILES string of the molecule is O=C1CCCCC1CC(C(=O)c1ccccc1)c1ccccc1. The summed E-state index contributed by atoms with van der Waals surface area (Å²) in [5, 5.41) is 0. The van der Waals surface area contributed by atoms with Crippen molar-refractivity contribution >= 4 is 11.6 Å². The van der Waals surface area contributed by atoms with Crippen LogP contribution in [0.3, 0.4) is 0 Å². The summed E-state index contributed by atoms with van der Waals surface area (Å²) in [5.41, 5.74) is 1.74. The number of hydrogen-bond acceptors (Lipinski definition) is 2. The molecule has 2 aromatic carbocycles. The molecule has 2 nitrogen and oxygen atoms in total. The van der Waals surface area contributed by atoms with Crippen molar-refractivity contribution in [2.24, 2.45) is 5.92 Å². The maximum absolute atomic E-state index is 13.0. The van der Waals surface area contributed by atoms with E-state index < -0.39 is 0 Å². The van der Waals surface area contributed by atoms with Gasteiger partial charge >= 0.3 is 0 Å². The van der Waals surface area contributed by atoms with Gasteiger partial charge in [0.15, 0.2) is 5.78 Å². The summed E-state index contributed by atoms with van der Waals surface area (Å²) in [5.74, 6) is 0.250. The van der Waals surface area contributed by atoms with Gasteiger partial charge in [-0.2, -0.15) is 0 Å². The van der Waals surface area contributed by atoms with E-state index in [9.17, 15) is 9.59 Å². The third-order valence-electron chi connectivity index (χ3n) is 4.78. The molecular weight excluding hydrogens is 284 g/mol. The number of hydrogen-bond donors (Lipinski definition) is 0. The number of carbonyl (C=O) groups excluding carboxylic acids is 2. The van der Waals surface area contributed by atoms with Crippen molar-refractivity contribution < 1.29 is 9.59 Å². The second kappa shape index (κ2) is 7.36. The van der Waals surface area contributed by atoms with Crippen LogP contribution in [-0.2, 0) is 4.79 Å². The molecule has 1 aliphatic rings. The Morgan fingerprint density at radius 2 is 1.61 bits per heavy atom. The minimum atomic E-state index is -0.231. The Hall–Kier alpha value is -2.22. The molecule has 0 N–H and O–H groups in total. The van der Waals surface area contributed by atoms with E-state index in [-0.39, 0.29) is 17.6 Å². The zero-order chi connectivity index (χ0) is 16.1. The molecule has 1 saturated carbocycles. The number of ketones is 2. The molecule has 1 aliphatic carbocycles. The van der Waals surface area contributed by atoms with Crippen LogP contribution in [0.25, 0.3) is 0 Å². The lowest BCUT2D eigenvalue weighted by Crippen LogP contribution is -2.24. The quantitative estimate of drug-likeness (QED) is 0.743. The average Bonchev–Trinajstić information content (AvgIpc) is 2.62. The van der Waals surface area contributed by atoms with Crippen LogP contribution in [0.15, 0.2) is 60.7 Å². The van der Waals surface area contributed by atoms with Crippen molar-refractivity contribution in [1.29, 1.82) is 0 Å². The summed E-state index contributed by atoms with van der Waals surface area (Å²) in [4.78, 5) is 25.2. The molecule has 1 fully saturated rings. The first kappa shape index (κ1) is 15.7. The summed E-state index contributed by atoms with van der Waals surface area (Å²) in [7, 11) is 0. The number of Topliss-reactive ketones (excluding diaryl/α,β-unsaturated/α-hetero) is 2. The normalized spacial score (nSPS) is 19.3. The number of carbonyl (C=O) groups is 2. The van der Waals surface area contributed by atoms with E-state index in [1.807, 2.05) is 60.7 Å². The fourth-order valence-corrected chi connectivity index (χ4v) is 3.47. The van der Waals surface area contributed by atoms with E-state index in [4.69, 9.17) is 0 Å². The zero-order valence-electron chi connectivity index (χ0n) is 13.3. The van der Waals surface area contributed by atoms with Gasteiger partial charge in [0.25, 0.3) is 0 Å². The lowest BCUT2D eigenvalue weighted by Gasteiger charge is -2.25. The van der Waals surface area contributed by atoms with Crippen molar-refractivity contribution in [3.05, 3.63) is 71.8 Å². The molecule has 2 atom stereocenters. The molecule has 2 unspecified atom stereocenters. The van der Waals surface area contributed by atoms with Gasteiger partial charge in [0.1, 0.15) is 5.78 Å². The summed E-state index contributed by atoms with van der Waals surface area (Å²) >= 11 is 0. The van der Waals surface area contributed by atoms with Crippen LogP contribution < -0.4 is 0 Å². The maximum Gasteiger partial charge on any atom is 0.170 e. The Kier molecular flexibility index (Phi) is 5.02. The summed E-state index contributed by atoms with van der Waals surface area (Å²) < 4.78 is 0. The molecule has 0 aromatic heterocycles. The van der Waals surface area contributed by atoms with Crippen LogP contribution in [0.4, 0.5) is 0 Å². The van der Waals surface area contributed by atoms with Crippen LogP contribution in [-0.4, -0.2) is 11.6 Å². The minimum absolute atomic E-state index is 0.0293. The van der Waals surface area contributed by atoms with Crippen LogP contribution in [0, 0.1) is 5.92 Å². The Morgan fingerprint density at radius 1 is 0.957 bits per heavy atom. The molecule has 0 heterocycles. The third-order valence-corrected chi connectivity index (χ3v) is 4.78. The van der Waals surface area contributed by atoms with Gasteiger partial charge < -0.3 is 0 Å². The molecule has 0 radical (unpaired) electrons. The average molecular weight is 306 g/mol. The maximum atomic E-state index is 13.0. The summed E-state index contributed by atoms with van der Waals surface area (Å²) in [6.45, 7) is 0. The second-order valence-corrected chi connectivity index (χ2v) is 6.34. The molecule has 0 amide bonds. The molecule has 2 aromatic rings. The highest BCUT2D eigenvalue weighted by Gasteiger charge is 2.30. The van der Waals surface area contributed by atoms with Crippen LogP contribution in [0.2, 0.25) is 0 Å². The van der Waals surface area contributed by atoms with E-state index >= 15 is 0 Å². The van der Waals surface area contributed by atoms with Crippen LogP contribution in [0.1, 0.15) is 53.9 Å². The first-order valence-electron chi connectivity index (χ1n) is 8.42. The standard InChI is InChI=1S/C21H22O2/c22-20-14-8-7-13-18(20)15-19(16-9-3-1-4-10-16)21(23)17-11-5-2-6-12-17/h1-6,9-12,18-19H,7-8,13-15H2. The smallest absolute Gasteiger partial charge is 0.170 e. The molecule has 118 valence electrons. The predicted octanol–water partition coefficient (Wildman–Crippen LogP) is 4.80. The van der Waals surface area contributed by atoms with E-state index in [0.717, 1.165) is 30.4 Å². The summed E-state index contributed by atoms with van der Waals surface area (Å²) in [6.07, 6.45) is 4.32. The van der Waals surface area contributed by atoms with Crippen LogP contribution in [0.5, 0.6) is 0 Å². The van der Waals surface area contributed by atoms with Gasteiger partial charge in [0, 0.05) is 23.8 Å². The molecule has 0 saturated heterocycles. The lowest BCUT2D eigenvalue weighted by molar-refractivity contribution is -0.124. The first-order chi connectivity index (χ1) is 11.3. The summed E-state index contributed by atoms with van der Waals surface area (Å²) in [6, 6.07) is 19.3. The Balaban J connectivity index is 1.88. The second-order valence-electron chi connectivity index (χ2n) is 6.34. The fraction of sp³-hybridized carbons (Fsp3) is 0.333. The highest BCUT2D eigenvalue weighted by Crippen LogP contribution is 2.33. The fourth-order valence-electron chi connectivity index (χ4n) is 3.47. The molecule has 2 heteroatoms. The Bertz CT molecular complexity index is 661. The monoisotopic (exact) mass is 306 g/mol. The van der Waals surface area contributed by atoms with Gasteiger partial charge in [0.05, 0.1) is 0 Å². The van der Waals surface area contributed by atoms with Gasteiger partial charge in [-0.3, -0.25) is 9.59 Å². The topological polar surface area (TPSA) is 34.1 Å². The van der Waals surface area contributed by atoms with E-state index in [0.29, 0.717) is 18.6 Å². The van der Waals surface area contributed by atoms with Gasteiger partial charge in [-0.15, -0.1) is 0 Å². The van der Waals surface area contributed by atoms with E-state index in [1.54, 1.807) is 0 Å². The largest absolute Gasteiger partial charge is 0.299 e. The molecule has 23 heavy (non-hydrogen) atoms. The van der Waals surface area contributed by atoms with E-state index in [1.165, 1.54) is 0 Å². The predicted molar refractivity (Wildman–Crippen MR) is 91.5 cm³/mol. The molecule has 0 spiro atoms. The van der Waals surface area contributed by atoms with Crippen molar-refractivity contribution in [2.45, 2.75) is 38.0 Å². The van der Waals surface area contributed by atoms with Crippen molar-refractivity contribution in [3.8, 4) is 0 Å². The Morgan fingerprint density at radius 3 is 2.26 bits per heavy atom. The van der Waals surface area contributed by atoms with Crippen molar-refractivity contribution in [3.63, 3.8) is 0 Å². The first-order valence-corrected chi connectivity index (χ1v) is 8.42. The Labute approximate surface area is 137 Å². The minimum Gasteiger partial charge on any atom is -0.299 e. The van der Waals surface area contributed by atoms with E-state index in [2.05, 4.69) is 0 Å². The molecule has 3 rings (SSSR count). The lowest BCUT2D eigenvalue weighted by atomic mass is 9.77. The number of rotatable bonds is 5. The molecule has 0 aliphatic heterocycles. The number of benzene rings is 2. The van der Waals surface area contributed by atoms with Crippen LogP contribution >= 0.6 is 0 Å². The van der Waals surface area contributed by atoms with Gasteiger partial charge in [-0.05, 0) is 24.8 Å². The van der Waals surface area contributed by atoms with Gasteiger partial charge in [-0.1, -0.05) is 67.1 Å². The molecule has 0 bridgehead atoms. The molecular formula is C21H22O2. The van der Waals surface area contributed by atoms with Gasteiger partial charge in [0.2, 0.25) is 0 Å². The highest BCUT2D eigenvalue weighted by atomic mass is 16.1. The highest BCUT2D eigenvalue weighted by molar-refractivity contribution is 6.01. The van der Waals surface area contributed by atoms with Crippen molar-refractivity contribution in [2.75, 3.05) is 0 Å².